The van der Waals surface area contributed by atoms with E-state index in [1.165, 1.54) is 12.1 Å². The summed E-state index contributed by atoms with van der Waals surface area (Å²) in [6.07, 6.45) is 3.07. The Hall–Kier alpha value is -2.04. The lowest BCUT2D eigenvalue weighted by molar-refractivity contribution is 0.340. The Balaban J connectivity index is 2.02. The average molecular weight is 292 g/mol. The van der Waals surface area contributed by atoms with E-state index in [1.807, 2.05) is 0 Å². The minimum atomic E-state index is -3.26. The van der Waals surface area contributed by atoms with Crippen molar-refractivity contribution in [2.45, 2.75) is 6.92 Å². The summed E-state index contributed by atoms with van der Waals surface area (Å²) in [5.41, 5.74) is 0.549. The van der Waals surface area contributed by atoms with Gasteiger partial charge in [-0.05, 0) is 31.2 Å². The highest BCUT2D eigenvalue weighted by Crippen LogP contribution is 2.53. The van der Waals surface area contributed by atoms with Gasteiger partial charge in [0.15, 0.2) is 11.6 Å². The number of hydrogen-bond donors (Lipinski definition) is 1. The van der Waals surface area contributed by atoms with Crippen LogP contribution in [0.4, 0.5) is 0 Å². The third kappa shape index (κ3) is 2.48. The van der Waals surface area contributed by atoms with Gasteiger partial charge in [-0.15, -0.1) is 0 Å². The van der Waals surface area contributed by atoms with Gasteiger partial charge in [-0.1, -0.05) is 0 Å². The first-order chi connectivity index (χ1) is 9.70. The molecule has 1 N–H and O–H groups in total. The fraction of sp³-hybridized carbons (Fsp3) is 0.154. The molecule has 0 bridgehead atoms. The predicted octanol–water partition coefficient (Wildman–Crippen LogP) is 3.45. The van der Waals surface area contributed by atoms with Crippen molar-refractivity contribution in [3.8, 4) is 0 Å². The van der Waals surface area contributed by atoms with Crippen LogP contribution in [0, 0.1) is 0 Å². The van der Waals surface area contributed by atoms with E-state index in [9.17, 15) is 4.57 Å². The van der Waals surface area contributed by atoms with Crippen LogP contribution in [0.3, 0.4) is 0 Å². The van der Waals surface area contributed by atoms with E-state index >= 15 is 0 Å². The summed E-state index contributed by atoms with van der Waals surface area (Å²) >= 11 is 0. The number of hydrogen-bond acceptors (Lipinski definition) is 5. The quantitative estimate of drug-likeness (QED) is 0.873. The summed E-state index contributed by atoms with van der Waals surface area (Å²) in [6.45, 7) is 2.07. The zero-order chi connectivity index (χ0) is 14.0. The topological polar surface area (TPSA) is 77.0 Å². The third-order valence-electron chi connectivity index (χ3n) is 2.64. The van der Waals surface area contributed by atoms with Crippen LogP contribution in [0.2, 0.25) is 0 Å². The summed E-state index contributed by atoms with van der Waals surface area (Å²) < 4.78 is 32.7. The average Bonchev–Trinajstić information content (AvgIpc) is 3.12. The molecule has 3 rings (SSSR count). The van der Waals surface area contributed by atoms with Crippen LogP contribution in [0.1, 0.15) is 18.4 Å². The predicted molar refractivity (Wildman–Crippen MR) is 74.3 cm³/mol. The van der Waals surface area contributed by atoms with E-state index in [2.05, 4.69) is 10.1 Å². The van der Waals surface area contributed by atoms with Gasteiger partial charge < -0.3 is 18.7 Å². The molecule has 1 aliphatic heterocycles. The third-order valence-corrected chi connectivity index (χ3v) is 4.33. The van der Waals surface area contributed by atoms with Gasteiger partial charge in [0.2, 0.25) is 0 Å². The van der Waals surface area contributed by atoms with Gasteiger partial charge in [0.1, 0.15) is 5.76 Å². The van der Waals surface area contributed by atoms with Crippen molar-refractivity contribution < 1.29 is 17.9 Å². The molecule has 1 atom stereocenters. The molecule has 7 heteroatoms. The molecule has 0 radical (unpaired) electrons. The van der Waals surface area contributed by atoms with Gasteiger partial charge in [0, 0.05) is 0 Å². The second kappa shape index (κ2) is 5.15. The van der Waals surface area contributed by atoms with E-state index in [0.29, 0.717) is 29.7 Å². The molecule has 2 aromatic rings. The minimum Gasteiger partial charge on any atom is -0.463 e. The number of nitrogens with zero attached hydrogens (tertiary/aromatic N) is 1. The van der Waals surface area contributed by atoms with Gasteiger partial charge in [0.05, 0.1) is 30.6 Å². The maximum absolute atomic E-state index is 12.6. The molecule has 2 aromatic heterocycles. The smallest absolute Gasteiger partial charge is 0.341 e. The van der Waals surface area contributed by atoms with Gasteiger partial charge in [0.25, 0.3) is 0 Å². The fourth-order valence-corrected chi connectivity index (χ4v) is 3.35. The van der Waals surface area contributed by atoms with Crippen LogP contribution in [0.5, 0.6) is 0 Å². The lowest BCUT2D eigenvalue weighted by Gasteiger charge is -2.19. The van der Waals surface area contributed by atoms with Gasteiger partial charge >= 0.3 is 7.52 Å². The lowest BCUT2D eigenvalue weighted by Crippen LogP contribution is -2.25. The first kappa shape index (κ1) is 13.0. The van der Waals surface area contributed by atoms with Crippen molar-refractivity contribution in [1.29, 1.82) is 0 Å². The summed E-state index contributed by atoms with van der Waals surface area (Å²) in [5, 5.41) is 3.04. The monoisotopic (exact) mass is 292 g/mol. The fourth-order valence-electron chi connectivity index (χ4n) is 1.85. The molecule has 3 heterocycles. The SMILES string of the molecule is CCOP1(=O)C=C(c2ccco2)NC(c2ccco2)=N1. The second-order valence-electron chi connectivity index (χ2n) is 4.05. The molecule has 0 aliphatic carbocycles. The summed E-state index contributed by atoms with van der Waals surface area (Å²) in [6, 6.07) is 6.98. The first-order valence-corrected chi connectivity index (χ1v) is 7.77. The van der Waals surface area contributed by atoms with Crippen molar-refractivity contribution in [2.24, 2.45) is 4.76 Å². The van der Waals surface area contributed by atoms with E-state index < -0.39 is 7.52 Å². The number of amidine groups is 1. The molecule has 20 heavy (non-hydrogen) atoms. The molecule has 0 saturated heterocycles. The Morgan fingerprint density at radius 2 is 1.95 bits per heavy atom. The molecule has 0 saturated carbocycles. The molecule has 0 fully saturated rings. The minimum absolute atomic E-state index is 0.300. The zero-order valence-electron chi connectivity index (χ0n) is 10.8. The summed E-state index contributed by atoms with van der Waals surface area (Å²) in [5.74, 6) is 2.87. The normalized spacial score (nSPS) is 22.1. The Bertz CT molecular complexity index is 632. The highest BCUT2D eigenvalue weighted by Gasteiger charge is 2.29. The van der Waals surface area contributed by atoms with Crippen molar-refractivity contribution >= 4 is 19.1 Å². The molecule has 104 valence electrons. The molecule has 1 unspecified atom stereocenters. The standard InChI is InChI=1S/C13H13N2O4P/c1-2-19-20(16)9-10(11-5-3-7-17-11)14-13(15-20)12-6-4-8-18-12/h3-9H,2H2,1H3,(H,14,15,16). The van der Waals surface area contributed by atoms with Crippen molar-refractivity contribution in [2.75, 3.05) is 6.61 Å². The van der Waals surface area contributed by atoms with Crippen LogP contribution < -0.4 is 5.32 Å². The lowest BCUT2D eigenvalue weighted by atomic mass is 10.3. The van der Waals surface area contributed by atoms with Crippen molar-refractivity contribution in [3.63, 3.8) is 0 Å². The summed E-state index contributed by atoms with van der Waals surface area (Å²) in [7, 11) is -3.26. The Morgan fingerprint density at radius 3 is 2.55 bits per heavy atom. The van der Waals surface area contributed by atoms with Gasteiger partial charge in [-0.25, -0.2) is 0 Å². The maximum Gasteiger partial charge on any atom is 0.341 e. The van der Waals surface area contributed by atoms with E-state index in [4.69, 9.17) is 13.4 Å². The van der Waals surface area contributed by atoms with Crippen LogP contribution in [-0.4, -0.2) is 12.4 Å². The molecular weight excluding hydrogens is 279 g/mol. The van der Waals surface area contributed by atoms with E-state index in [-0.39, 0.29) is 0 Å². The second-order valence-corrected chi connectivity index (χ2v) is 5.90. The van der Waals surface area contributed by atoms with Crippen LogP contribution >= 0.6 is 7.52 Å². The van der Waals surface area contributed by atoms with Crippen LogP contribution in [0.25, 0.3) is 5.70 Å². The molecule has 6 nitrogen and oxygen atoms in total. The number of furan rings is 2. The molecular formula is C13H13N2O4P. The number of rotatable bonds is 4. The Labute approximate surface area is 115 Å². The van der Waals surface area contributed by atoms with Gasteiger partial charge in [-0.2, -0.15) is 4.76 Å². The zero-order valence-corrected chi connectivity index (χ0v) is 11.7. The molecule has 0 amide bonds. The molecule has 0 spiro atoms. The van der Waals surface area contributed by atoms with E-state index in [0.717, 1.165) is 0 Å². The molecule has 1 aliphatic rings. The molecule has 0 aromatic carbocycles. The maximum atomic E-state index is 12.6. The Kier molecular flexibility index (Phi) is 3.34. The largest absolute Gasteiger partial charge is 0.463 e. The highest BCUT2D eigenvalue weighted by atomic mass is 31.2. The summed E-state index contributed by atoms with van der Waals surface area (Å²) in [4.78, 5) is 0. The van der Waals surface area contributed by atoms with Crippen molar-refractivity contribution in [3.05, 3.63) is 54.1 Å². The Morgan fingerprint density at radius 1 is 1.25 bits per heavy atom. The highest BCUT2D eigenvalue weighted by molar-refractivity contribution is 7.61. The number of nitrogens with one attached hydrogen (secondary N) is 1. The first-order valence-electron chi connectivity index (χ1n) is 6.12. The van der Waals surface area contributed by atoms with Crippen LogP contribution in [-0.2, 0) is 9.09 Å². The van der Waals surface area contributed by atoms with Gasteiger partial charge in [-0.3, -0.25) is 4.57 Å². The van der Waals surface area contributed by atoms with E-state index in [1.54, 1.807) is 37.5 Å². The van der Waals surface area contributed by atoms with Crippen LogP contribution in [0.15, 0.2) is 56.2 Å². The van der Waals surface area contributed by atoms with Crippen molar-refractivity contribution in [1.82, 2.24) is 5.32 Å².